The third-order valence-electron chi connectivity index (χ3n) is 3.54. The number of benzene rings is 2. The minimum atomic E-state index is -0.692. The van der Waals surface area contributed by atoms with Gasteiger partial charge in [-0.3, -0.25) is 0 Å². The molecule has 0 saturated heterocycles. The van der Waals surface area contributed by atoms with Crippen LogP contribution in [0.4, 0.5) is 4.39 Å². The van der Waals surface area contributed by atoms with Crippen LogP contribution >= 0.6 is 0 Å². The molecule has 0 amide bonds. The van der Waals surface area contributed by atoms with Gasteiger partial charge in [0.2, 0.25) is 0 Å². The predicted molar refractivity (Wildman–Crippen MR) is 71.2 cm³/mol. The summed E-state index contributed by atoms with van der Waals surface area (Å²) in [6.45, 7) is 0. The van der Waals surface area contributed by atoms with Gasteiger partial charge in [-0.1, -0.05) is 0 Å². The average molecular weight is 292 g/mol. The third-order valence-corrected chi connectivity index (χ3v) is 3.54. The largest absolute Gasteiger partial charge is 0.508 e. The van der Waals surface area contributed by atoms with Gasteiger partial charge in [-0.25, -0.2) is 4.39 Å². The van der Waals surface area contributed by atoms with Crippen LogP contribution in [-0.4, -0.2) is 20.4 Å². The van der Waals surface area contributed by atoms with Crippen molar-refractivity contribution in [3.63, 3.8) is 0 Å². The Morgan fingerprint density at radius 2 is 1.67 bits per heavy atom. The van der Waals surface area contributed by atoms with Gasteiger partial charge in [-0.15, -0.1) is 0 Å². The highest BCUT2D eigenvalue weighted by Gasteiger charge is 2.27. The highest BCUT2D eigenvalue weighted by molar-refractivity contribution is 5.51. The number of hydrogen-bond acceptors (Lipinski definition) is 5. The van der Waals surface area contributed by atoms with E-state index in [0.717, 1.165) is 12.1 Å². The summed E-state index contributed by atoms with van der Waals surface area (Å²) in [5, 5.41) is 38.0. The smallest absolute Gasteiger partial charge is 0.160 e. The molecule has 0 saturated carbocycles. The molecule has 1 heterocycles. The number of ether oxygens (including phenoxy) is 1. The van der Waals surface area contributed by atoms with Gasteiger partial charge in [0, 0.05) is 29.3 Å². The van der Waals surface area contributed by atoms with Gasteiger partial charge in [0.15, 0.2) is 11.5 Å². The lowest BCUT2D eigenvalue weighted by atomic mass is 9.96. The average Bonchev–Trinajstić information content (AvgIpc) is 2.42. The normalized spacial score (nSPS) is 17.1. The number of fused-ring (bicyclic) bond motifs is 1. The van der Waals surface area contributed by atoms with Crippen LogP contribution in [0.1, 0.15) is 23.7 Å². The Bertz CT molecular complexity index is 714. The SMILES string of the molecule is Oc1cc(O)c2c(c1)OC(c1cc(O)c(O)cc1F)CC2. The first-order chi connectivity index (χ1) is 9.95. The summed E-state index contributed by atoms with van der Waals surface area (Å²) in [5.41, 5.74) is 0.659. The molecule has 0 aromatic heterocycles. The molecule has 5 nitrogen and oxygen atoms in total. The second-order valence-electron chi connectivity index (χ2n) is 4.95. The van der Waals surface area contributed by atoms with Crippen LogP contribution < -0.4 is 4.74 Å². The topological polar surface area (TPSA) is 90.2 Å². The lowest BCUT2D eigenvalue weighted by Gasteiger charge is -2.27. The summed E-state index contributed by atoms with van der Waals surface area (Å²) >= 11 is 0. The van der Waals surface area contributed by atoms with E-state index in [1.807, 2.05) is 0 Å². The summed E-state index contributed by atoms with van der Waals surface area (Å²) in [4.78, 5) is 0. The third kappa shape index (κ3) is 2.29. The first-order valence-corrected chi connectivity index (χ1v) is 6.38. The molecule has 21 heavy (non-hydrogen) atoms. The van der Waals surface area contributed by atoms with E-state index in [0.29, 0.717) is 18.4 Å². The van der Waals surface area contributed by atoms with Crippen molar-refractivity contribution in [1.82, 2.24) is 0 Å². The molecule has 0 bridgehead atoms. The molecule has 0 radical (unpaired) electrons. The Morgan fingerprint density at radius 3 is 2.43 bits per heavy atom. The molecule has 0 aliphatic carbocycles. The number of halogens is 1. The van der Waals surface area contributed by atoms with E-state index in [-0.39, 0.29) is 22.8 Å². The van der Waals surface area contributed by atoms with E-state index in [1.54, 1.807) is 0 Å². The summed E-state index contributed by atoms with van der Waals surface area (Å²) in [7, 11) is 0. The minimum Gasteiger partial charge on any atom is -0.508 e. The molecule has 1 atom stereocenters. The van der Waals surface area contributed by atoms with Crippen molar-refractivity contribution in [3.05, 3.63) is 41.2 Å². The molecule has 3 rings (SSSR count). The standard InChI is InChI=1S/C15H13FO5/c16-10-6-13(20)12(19)5-9(10)14-2-1-8-11(18)3-7(17)4-15(8)21-14/h3-6,14,17-20H,1-2H2. The number of hydrogen-bond donors (Lipinski definition) is 4. The van der Waals surface area contributed by atoms with Gasteiger partial charge >= 0.3 is 0 Å². The number of rotatable bonds is 1. The molecule has 1 aliphatic rings. The molecule has 2 aromatic carbocycles. The predicted octanol–water partition coefficient (Wildman–Crippen LogP) is 2.71. The monoisotopic (exact) mass is 292 g/mol. The van der Waals surface area contributed by atoms with E-state index in [2.05, 4.69) is 0 Å². The zero-order valence-electron chi connectivity index (χ0n) is 10.9. The van der Waals surface area contributed by atoms with E-state index in [9.17, 15) is 24.8 Å². The fourth-order valence-corrected chi connectivity index (χ4v) is 2.49. The molecular formula is C15H13FO5. The van der Waals surface area contributed by atoms with Crippen molar-refractivity contribution in [1.29, 1.82) is 0 Å². The fourth-order valence-electron chi connectivity index (χ4n) is 2.49. The first kappa shape index (κ1) is 13.4. The van der Waals surface area contributed by atoms with Crippen molar-refractivity contribution < 1.29 is 29.6 Å². The number of phenolic OH excluding ortho intramolecular Hbond substituents is 4. The van der Waals surface area contributed by atoms with Gasteiger partial charge in [0.1, 0.15) is 29.2 Å². The molecule has 0 spiro atoms. The summed E-state index contributed by atoms with van der Waals surface area (Å²) in [5.74, 6) is -1.61. The number of phenols is 4. The molecule has 1 unspecified atom stereocenters. The van der Waals surface area contributed by atoms with Gasteiger partial charge in [-0.05, 0) is 18.9 Å². The maximum absolute atomic E-state index is 13.9. The van der Waals surface area contributed by atoms with E-state index < -0.39 is 23.4 Å². The van der Waals surface area contributed by atoms with E-state index in [4.69, 9.17) is 4.74 Å². The molecule has 2 aromatic rings. The Balaban J connectivity index is 1.98. The molecule has 1 aliphatic heterocycles. The molecule has 110 valence electrons. The zero-order valence-corrected chi connectivity index (χ0v) is 10.9. The van der Waals surface area contributed by atoms with Gasteiger partial charge in [0.05, 0.1) is 0 Å². The van der Waals surface area contributed by atoms with E-state index >= 15 is 0 Å². The Hall–Kier alpha value is -2.63. The fraction of sp³-hybridized carbons (Fsp3) is 0.200. The van der Waals surface area contributed by atoms with Crippen LogP contribution in [0.2, 0.25) is 0 Å². The van der Waals surface area contributed by atoms with Crippen LogP contribution in [0.15, 0.2) is 24.3 Å². The van der Waals surface area contributed by atoms with E-state index in [1.165, 1.54) is 12.1 Å². The quantitative estimate of drug-likeness (QED) is 0.607. The second kappa shape index (κ2) is 4.73. The molecule has 6 heteroatoms. The zero-order chi connectivity index (χ0) is 15.1. The minimum absolute atomic E-state index is 0.0718. The maximum Gasteiger partial charge on any atom is 0.160 e. The summed E-state index contributed by atoms with van der Waals surface area (Å²) < 4.78 is 19.5. The number of aromatic hydroxyl groups is 4. The molecule has 0 fully saturated rings. The molecule has 4 N–H and O–H groups in total. The Kier molecular flexibility index (Phi) is 3.01. The van der Waals surface area contributed by atoms with Gasteiger partial charge in [0.25, 0.3) is 0 Å². The van der Waals surface area contributed by atoms with Crippen molar-refractivity contribution in [2.75, 3.05) is 0 Å². The Morgan fingerprint density at radius 1 is 0.952 bits per heavy atom. The van der Waals surface area contributed by atoms with Crippen molar-refractivity contribution in [2.24, 2.45) is 0 Å². The second-order valence-corrected chi connectivity index (χ2v) is 4.95. The van der Waals surface area contributed by atoms with Gasteiger partial charge < -0.3 is 25.2 Å². The highest BCUT2D eigenvalue weighted by Crippen LogP contribution is 2.43. The van der Waals surface area contributed by atoms with Crippen molar-refractivity contribution in [2.45, 2.75) is 18.9 Å². The summed E-state index contributed by atoms with van der Waals surface area (Å²) in [6, 6.07) is 4.50. The lowest BCUT2D eigenvalue weighted by Crippen LogP contribution is -2.16. The van der Waals surface area contributed by atoms with Crippen LogP contribution in [0.3, 0.4) is 0 Å². The Labute approximate surface area is 119 Å². The van der Waals surface area contributed by atoms with Gasteiger partial charge in [-0.2, -0.15) is 0 Å². The maximum atomic E-state index is 13.9. The lowest BCUT2D eigenvalue weighted by molar-refractivity contribution is 0.169. The first-order valence-electron chi connectivity index (χ1n) is 6.38. The van der Waals surface area contributed by atoms with Crippen LogP contribution in [-0.2, 0) is 6.42 Å². The van der Waals surface area contributed by atoms with Crippen molar-refractivity contribution in [3.8, 4) is 28.7 Å². The van der Waals surface area contributed by atoms with Crippen LogP contribution in [0.25, 0.3) is 0 Å². The highest BCUT2D eigenvalue weighted by atomic mass is 19.1. The van der Waals surface area contributed by atoms with Crippen molar-refractivity contribution >= 4 is 0 Å². The summed E-state index contributed by atoms with van der Waals surface area (Å²) in [6.07, 6.45) is 0.157. The molecular weight excluding hydrogens is 279 g/mol. The van der Waals surface area contributed by atoms with Crippen LogP contribution in [0.5, 0.6) is 28.7 Å². The van der Waals surface area contributed by atoms with Crippen LogP contribution in [0, 0.1) is 5.82 Å².